The van der Waals surface area contributed by atoms with Crippen LogP contribution in [0.15, 0.2) is 36.4 Å². The molecule has 6 heteroatoms. The maximum absolute atomic E-state index is 12.4. The van der Waals surface area contributed by atoms with Crippen LogP contribution in [0.4, 0.5) is 0 Å². The molecule has 0 aromatic heterocycles. The molecule has 1 saturated heterocycles. The molecule has 0 radical (unpaired) electrons. The van der Waals surface area contributed by atoms with E-state index in [9.17, 15) is 8.42 Å². The summed E-state index contributed by atoms with van der Waals surface area (Å²) >= 11 is 0. The minimum Gasteiger partial charge on any atom is -0.496 e. The Morgan fingerprint density at radius 3 is 2.58 bits per heavy atom. The van der Waals surface area contributed by atoms with Gasteiger partial charge in [0.05, 0.1) is 7.11 Å². The summed E-state index contributed by atoms with van der Waals surface area (Å²) in [4.78, 5) is 0. The van der Waals surface area contributed by atoms with Crippen molar-refractivity contribution in [2.75, 3.05) is 26.7 Å². The number of nitrogens with one attached hydrogen (secondary N) is 1. The average Bonchev–Trinajstić information content (AvgIpc) is 2.62. The van der Waals surface area contributed by atoms with Crippen LogP contribution < -0.4 is 9.46 Å². The first-order valence-corrected chi connectivity index (χ1v) is 9.85. The Bertz CT molecular complexity index is 799. The zero-order valence-corrected chi connectivity index (χ0v) is 14.8. The molecule has 1 fully saturated rings. The fraction of sp³-hybridized carbons (Fsp3) is 0.444. The lowest BCUT2D eigenvalue weighted by Gasteiger charge is -2.26. The second-order valence-electron chi connectivity index (χ2n) is 6.08. The largest absolute Gasteiger partial charge is 0.496 e. The van der Waals surface area contributed by atoms with E-state index in [4.69, 9.17) is 4.74 Å². The second kappa shape index (κ2) is 7.51. The molecule has 130 valence electrons. The molecule has 1 heterocycles. The van der Waals surface area contributed by atoms with Crippen molar-refractivity contribution in [2.24, 2.45) is 0 Å². The van der Waals surface area contributed by atoms with E-state index in [0.717, 1.165) is 41.3 Å². The summed E-state index contributed by atoms with van der Waals surface area (Å²) < 4.78 is 34.5. The third-order valence-corrected chi connectivity index (χ3v) is 6.15. The van der Waals surface area contributed by atoms with Gasteiger partial charge in [0.1, 0.15) is 5.75 Å². The first kappa shape index (κ1) is 17.2. The van der Waals surface area contributed by atoms with Crippen LogP contribution in [0.2, 0.25) is 0 Å². The predicted molar refractivity (Wildman–Crippen MR) is 96.6 cm³/mol. The summed E-state index contributed by atoms with van der Waals surface area (Å²) in [6.07, 6.45) is 3.59. The van der Waals surface area contributed by atoms with Crippen molar-refractivity contribution in [1.82, 2.24) is 9.03 Å². The van der Waals surface area contributed by atoms with Crippen LogP contribution in [0, 0.1) is 0 Å². The number of ether oxygens (including phenoxy) is 1. The van der Waals surface area contributed by atoms with Gasteiger partial charge < -0.3 is 4.74 Å². The lowest BCUT2D eigenvalue weighted by Crippen LogP contribution is -2.44. The first-order valence-electron chi connectivity index (χ1n) is 8.41. The highest BCUT2D eigenvalue weighted by Crippen LogP contribution is 2.28. The molecule has 0 spiro atoms. The Balaban J connectivity index is 1.73. The number of hydrogen-bond acceptors (Lipinski definition) is 3. The van der Waals surface area contributed by atoms with Gasteiger partial charge in [-0.25, -0.2) is 4.72 Å². The van der Waals surface area contributed by atoms with Crippen LogP contribution in [-0.2, 0) is 16.6 Å². The van der Waals surface area contributed by atoms with E-state index in [1.165, 1.54) is 0 Å². The Morgan fingerprint density at radius 2 is 1.83 bits per heavy atom. The molecule has 1 N–H and O–H groups in total. The summed E-state index contributed by atoms with van der Waals surface area (Å²) in [6.45, 7) is 1.60. The first-order chi connectivity index (χ1) is 11.6. The standard InChI is InChI=1S/C18H24N2O3S/c1-23-18-10-9-15-7-3-4-8-16(15)17(18)11-12-19-24(21,22)20-13-5-2-6-14-20/h3-4,7-10,19H,2,5-6,11-14H2,1H3. The predicted octanol–water partition coefficient (Wildman–Crippen LogP) is 2.71. The monoisotopic (exact) mass is 348 g/mol. The summed E-state index contributed by atoms with van der Waals surface area (Å²) in [5.74, 6) is 0.797. The van der Waals surface area contributed by atoms with Crippen LogP contribution in [0.1, 0.15) is 24.8 Å². The van der Waals surface area contributed by atoms with Crippen molar-refractivity contribution in [3.8, 4) is 5.75 Å². The zero-order chi connectivity index (χ0) is 17.0. The summed E-state index contributed by atoms with van der Waals surface area (Å²) in [5.41, 5.74) is 1.04. The minimum atomic E-state index is -3.38. The van der Waals surface area contributed by atoms with Crippen LogP contribution >= 0.6 is 0 Å². The molecule has 1 aliphatic heterocycles. The van der Waals surface area contributed by atoms with E-state index in [0.29, 0.717) is 26.1 Å². The third-order valence-electron chi connectivity index (χ3n) is 4.53. The van der Waals surface area contributed by atoms with Gasteiger partial charge in [0.25, 0.3) is 10.2 Å². The van der Waals surface area contributed by atoms with Crippen LogP contribution in [-0.4, -0.2) is 39.5 Å². The van der Waals surface area contributed by atoms with Gasteiger partial charge in [-0.1, -0.05) is 36.8 Å². The third kappa shape index (κ3) is 3.71. The van der Waals surface area contributed by atoms with Gasteiger partial charge in [-0.05, 0) is 36.1 Å². The number of hydrogen-bond donors (Lipinski definition) is 1. The topological polar surface area (TPSA) is 58.6 Å². The molecule has 2 aromatic rings. The molecule has 24 heavy (non-hydrogen) atoms. The molecular weight excluding hydrogens is 324 g/mol. The highest BCUT2D eigenvalue weighted by molar-refractivity contribution is 7.87. The van der Waals surface area contributed by atoms with Gasteiger partial charge in [0, 0.05) is 25.2 Å². The van der Waals surface area contributed by atoms with Crippen molar-refractivity contribution >= 4 is 21.0 Å². The van der Waals surface area contributed by atoms with Crippen molar-refractivity contribution in [3.05, 3.63) is 42.0 Å². The van der Waals surface area contributed by atoms with Gasteiger partial charge in [0.15, 0.2) is 0 Å². The normalized spacial score (nSPS) is 16.4. The Morgan fingerprint density at radius 1 is 1.08 bits per heavy atom. The molecule has 1 aliphatic rings. The summed E-state index contributed by atoms with van der Waals surface area (Å²) in [6, 6.07) is 12.1. The van der Waals surface area contributed by atoms with Gasteiger partial charge in [0.2, 0.25) is 0 Å². The number of nitrogens with zero attached hydrogens (tertiary/aromatic N) is 1. The van der Waals surface area contributed by atoms with E-state index in [-0.39, 0.29) is 0 Å². The van der Waals surface area contributed by atoms with Gasteiger partial charge in [-0.3, -0.25) is 0 Å². The fourth-order valence-corrected chi connectivity index (χ4v) is 4.55. The molecule has 5 nitrogen and oxygen atoms in total. The zero-order valence-electron chi connectivity index (χ0n) is 14.0. The Kier molecular flexibility index (Phi) is 5.38. The fourth-order valence-electron chi connectivity index (χ4n) is 3.27. The minimum absolute atomic E-state index is 0.364. The van der Waals surface area contributed by atoms with Crippen molar-refractivity contribution in [1.29, 1.82) is 0 Å². The maximum Gasteiger partial charge on any atom is 0.279 e. The Hall–Kier alpha value is -1.63. The van der Waals surface area contributed by atoms with Crippen LogP contribution in [0.5, 0.6) is 5.75 Å². The van der Waals surface area contributed by atoms with Crippen molar-refractivity contribution in [2.45, 2.75) is 25.7 Å². The summed E-state index contributed by atoms with van der Waals surface area (Å²) in [5, 5.41) is 2.24. The summed E-state index contributed by atoms with van der Waals surface area (Å²) in [7, 11) is -1.74. The highest BCUT2D eigenvalue weighted by atomic mass is 32.2. The smallest absolute Gasteiger partial charge is 0.279 e. The Labute approximate surface area is 143 Å². The molecule has 0 saturated carbocycles. The average molecular weight is 348 g/mol. The number of benzene rings is 2. The second-order valence-corrected chi connectivity index (χ2v) is 7.83. The molecule has 0 atom stereocenters. The molecule has 3 rings (SSSR count). The molecule has 0 aliphatic carbocycles. The van der Waals surface area contributed by atoms with E-state index in [2.05, 4.69) is 10.8 Å². The molecule has 0 bridgehead atoms. The van der Waals surface area contributed by atoms with Gasteiger partial charge >= 0.3 is 0 Å². The van der Waals surface area contributed by atoms with Crippen LogP contribution in [0.3, 0.4) is 0 Å². The number of fused-ring (bicyclic) bond motifs is 1. The van der Waals surface area contributed by atoms with Crippen molar-refractivity contribution < 1.29 is 13.2 Å². The number of piperidine rings is 1. The van der Waals surface area contributed by atoms with E-state index in [1.807, 2.05) is 30.3 Å². The highest BCUT2D eigenvalue weighted by Gasteiger charge is 2.23. The van der Waals surface area contributed by atoms with Crippen molar-refractivity contribution in [3.63, 3.8) is 0 Å². The molecule has 2 aromatic carbocycles. The maximum atomic E-state index is 12.4. The van der Waals surface area contributed by atoms with E-state index >= 15 is 0 Å². The quantitative estimate of drug-likeness (QED) is 0.873. The van der Waals surface area contributed by atoms with Crippen LogP contribution in [0.25, 0.3) is 10.8 Å². The molecular formula is C18H24N2O3S. The number of methoxy groups -OCH3 is 1. The molecule has 0 unspecified atom stereocenters. The van der Waals surface area contributed by atoms with E-state index < -0.39 is 10.2 Å². The van der Waals surface area contributed by atoms with Gasteiger partial charge in [-0.2, -0.15) is 12.7 Å². The SMILES string of the molecule is COc1ccc2ccccc2c1CCNS(=O)(=O)N1CCCCC1. The van der Waals surface area contributed by atoms with Gasteiger partial charge in [-0.15, -0.1) is 0 Å². The van der Waals surface area contributed by atoms with E-state index in [1.54, 1.807) is 11.4 Å². The number of rotatable bonds is 6. The lowest BCUT2D eigenvalue weighted by molar-refractivity contribution is 0.342. The molecule has 0 amide bonds. The lowest BCUT2D eigenvalue weighted by atomic mass is 10.0.